The van der Waals surface area contributed by atoms with Crippen LogP contribution in [0.2, 0.25) is 0 Å². The Morgan fingerprint density at radius 3 is 2.35 bits per heavy atom. The van der Waals surface area contributed by atoms with Crippen molar-refractivity contribution in [2.24, 2.45) is 0 Å². The number of benzene rings is 1. The second kappa shape index (κ2) is 4.34. The Morgan fingerprint density at radius 1 is 1.06 bits per heavy atom. The molecule has 2 aromatic rings. The molecule has 4 heteroatoms. The van der Waals surface area contributed by atoms with Gasteiger partial charge in [-0.25, -0.2) is 0 Å². The number of nitrogens with zero attached hydrogens (tertiary/aromatic N) is 2. The molecule has 0 aliphatic rings. The first kappa shape index (κ1) is 10.7. The molecule has 1 heterocycles. The Hall–Kier alpha value is -2.85. The molecule has 17 heavy (non-hydrogen) atoms. The highest BCUT2D eigenvalue weighted by molar-refractivity contribution is 5.75. The fourth-order valence-corrected chi connectivity index (χ4v) is 1.63. The number of H-pyrrole nitrogens is 1. The fourth-order valence-electron chi connectivity index (χ4n) is 1.63. The highest BCUT2D eigenvalue weighted by Crippen LogP contribution is 2.24. The molecule has 0 saturated heterocycles. The summed E-state index contributed by atoms with van der Waals surface area (Å²) in [7, 11) is 0. The van der Waals surface area contributed by atoms with Crippen LogP contribution in [0, 0.1) is 22.7 Å². The van der Waals surface area contributed by atoms with Crippen LogP contribution in [0.25, 0.3) is 11.1 Å². The Balaban J connectivity index is 2.86. The van der Waals surface area contributed by atoms with E-state index in [9.17, 15) is 4.79 Å². The third-order valence-corrected chi connectivity index (χ3v) is 2.39. The number of nitrogens with one attached hydrogen (secondary N) is 1. The summed E-state index contributed by atoms with van der Waals surface area (Å²) in [6.45, 7) is 0. The standard InChI is InChI=1S/C13H7N3O/c14-6-10-8-16-13(17)11(7-15)12(10)9-4-2-1-3-5-9/h1-5,8H,(H,16,17). The predicted octanol–water partition coefficient (Wildman–Crippen LogP) is 1.79. The van der Waals surface area contributed by atoms with E-state index in [-0.39, 0.29) is 11.1 Å². The maximum atomic E-state index is 11.5. The van der Waals surface area contributed by atoms with E-state index in [1.807, 2.05) is 18.2 Å². The first-order valence-electron chi connectivity index (χ1n) is 4.89. The molecule has 2 rings (SSSR count). The minimum Gasteiger partial charge on any atom is -0.327 e. The van der Waals surface area contributed by atoms with Crippen molar-refractivity contribution in [1.82, 2.24) is 4.98 Å². The zero-order valence-corrected chi connectivity index (χ0v) is 8.77. The van der Waals surface area contributed by atoms with Gasteiger partial charge < -0.3 is 4.98 Å². The molecule has 0 aliphatic carbocycles. The Kier molecular flexibility index (Phi) is 2.72. The summed E-state index contributed by atoms with van der Waals surface area (Å²) in [5.74, 6) is 0. The molecule has 0 fully saturated rings. The Labute approximate surface area is 97.4 Å². The van der Waals surface area contributed by atoms with Gasteiger partial charge in [-0.15, -0.1) is 0 Å². The summed E-state index contributed by atoms with van der Waals surface area (Å²) < 4.78 is 0. The fraction of sp³-hybridized carbons (Fsp3) is 0. The first-order chi connectivity index (χ1) is 8.27. The van der Waals surface area contributed by atoms with Crippen molar-refractivity contribution in [2.45, 2.75) is 0 Å². The lowest BCUT2D eigenvalue weighted by Crippen LogP contribution is -2.12. The first-order valence-corrected chi connectivity index (χ1v) is 4.89. The molecule has 1 aromatic carbocycles. The summed E-state index contributed by atoms with van der Waals surface area (Å²) in [5, 5.41) is 18.0. The predicted molar refractivity (Wildman–Crippen MR) is 61.9 cm³/mol. The van der Waals surface area contributed by atoms with Crippen molar-refractivity contribution in [3.8, 4) is 23.3 Å². The van der Waals surface area contributed by atoms with Gasteiger partial charge in [0.15, 0.2) is 0 Å². The highest BCUT2D eigenvalue weighted by Gasteiger charge is 2.13. The monoisotopic (exact) mass is 221 g/mol. The van der Waals surface area contributed by atoms with Gasteiger partial charge in [-0.1, -0.05) is 30.3 Å². The van der Waals surface area contributed by atoms with Gasteiger partial charge in [0.05, 0.1) is 5.56 Å². The number of pyridine rings is 1. The lowest BCUT2D eigenvalue weighted by molar-refractivity contribution is 1.20. The summed E-state index contributed by atoms with van der Waals surface area (Å²) in [4.78, 5) is 13.9. The summed E-state index contributed by atoms with van der Waals surface area (Å²) in [5.41, 5.74) is 0.846. The lowest BCUT2D eigenvalue weighted by Gasteiger charge is -2.05. The minimum atomic E-state index is -0.481. The van der Waals surface area contributed by atoms with Crippen LogP contribution in [-0.2, 0) is 0 Å². The zero-order chi connectivity index (χ0) is 12.3. The van der Waals surface area contributed by atoms with Crippen LogP contribution >= 0.6 is 0 Å². The lowest BCUT2D eigenvalue weighted by atomic mass is 9.98. The van der Waals surface area contributed by atoms with Crippen molar-refractivity contribution in [2.75, 3.05) is 0 Å². The van der Waals surface area contributed by atoms with Crippen LogP contribution in [-0.4, -0.2) is 4.98 Å². The highest BCUT2D eigenvalue weighted by atomic mass is 16.1. The van der Waals surface area contributed by atoms with Gasteiger partial charge in [-0.05, 0) is 5.56 Å². The van der Waals surface area contributed by atoms with Gasteiger partial charge in [-0.2, -0.15) is 10.5 Å². The summed E-state index contributed by atoms with van der Waals surface area (Å²) >= 11 is 0. The van der Waals surface area contributed by atoms with Gasteiger partial charge in [0.25, 0.3) is 5.56 Å². The normalized spacial score (nSPS) is 9.29. The van der Waals surface area contributed by atoms with Crippen molar-refractivity contribution in [3.05, 3.63) is 58.0 Å². The molecule has 0 aliphatic heterocycles. The van der Waals surface area contributed by atoms with E-state index in [0.29, 0.717) is 11.1 Å². The number of rotatable bonds is 1. The molecule has 1 N–H and O–H groups in total. The quantitative estimate of drug-likeness (QED) is 0.797. The van der Waals surface area contributed by atoms with E-state index in [1.165, 1.54) is 6.20 Å². The molecule has 4 nitrogen and oxygen atoms in total. The molecule has 0 saturated carbocycles. The van der Waals surface area contributed by atoms with Crippen LogP contribution < -0.4 is 5.56 Å². The molecular formula is C13H7N3O. The number of aromatic nitrogens is 1. The van der Waals surface area contributed by atoms with Crippen LogP contribution in [0.5, 0.6) is 0 Å². The van der Waals surface area contributed by atoms with E-state index in [1.54, 1.807) is 24.3 Å². The molecule has 1 aromatic heterocycles. The summed E-state index contributed by atoms with van der Waals surface area (Å²) in [6, 6.07) is 12.7. The van der Waals surface area contributed by atoms with E-state index in [2.05, 4.69) is 4.98 Å². The topological polar surface area (TPSA) is 80.4 Å². The van der Waals surface area contributed by atoms with Gasteiger partial charge in [0, 0.05) is 11.8 Å². The molecule has 80 valence electrons. The van der Waals surface area contributed by atoms with Crippen LogP contribution in [0.4, 0.5) is 0 Å². The maximum Gasteiger partial charge on any atom is 0.266 e. The number of hydrogen-bond acceptors (Lipinski definition) is 3. The van der Waals surface area contributed by atoms with Gasteiger partial charge in [0.2, 0.25) is 0 Å². The van der Waals surface area contributed by atoms with Crippen molar-refractivity contribution < 1.29 is 0 Å². The second-order valence-electron chi connectivity index (χ2n) is 3.37. The molecule has 0 unspecified atom stereocenters. The van der Waals surface area contributed by atoms with E-state index >= 15 is 0 Å². The number of hydrogen-bond donors (Lipinski definition) is 1. The van der Waals surface area contributed by atoms with E-state index < -0.39 is 5.56 Å². The van der Waals surface area contributed by atoms with Crippen molar-refractivity contribution >= 4 is 0 Å². The van der Waals surface area contributed by atoms with Crippen LogP contribution in [0.3, 0.4) is 0 Å². The van der Waals surface area contributed by atoms with E-state index in [4.69, 9.17) is 10.5 Å². The smallest absolute Gasteiger partial charge is 0.266 e. The average Bonchev–Trinajstić information content (AvgIpc) is 2.39. The maximum absolute atomic E-state index is 11.5. The van der Waals surface area contributed by atoms with Crippen LogP contribution in [0.15, 0.2) is 41.3 Å². The van der Waals surface area contributed by atoms with Crippen molar-refractivity contribution in [3.63, 3.8) is 0 Å². The largest absolute Gasteiger partial charge is 0.327 e. The molecule has 0 amide bonds. The SMILES string of the molecule is N#Cc1c[nH]c(=O)c(C#N)c1-c1ccccc1. The third-order valence-electron chi connectivity index (χ3n) is 2.39. The molecular weight excluding hydrogens is 214 g/mol. The molecule has 0 bridgehead atoms. The molecule has 0 radical (unpaired) electrons. The Morgan fingerprint density at radius 2 is 1.76 bits per heavy atom. The summed E-state index contributed by atoms with van der Waals surface area (Å²) in [6.07, 6.45) is 1.32. The molecule has 0 spiro atoms. The zero-order valence-electron chi connectivity index (χ0n) is 8.77. The number of aromatic amines is 1. The minimum absolute atomic E-state index is 0.0322. The Bertz CT molecular complexity index is 687. The van der Waals surface area contributed by atoms with Gasteiger partial charge in [-0.3, -0.25) is 4.79 Å². The van der Waals surface area contributed by atoms with Gasteiger partial charge >= 0.3 is 0 Å². The van der Waals surface area contributed by atoms with Crippen LogP contribution in [0.1, 0.15) is 11.1 Å². The average molecular weight is 221 g/mol. The van der Waals surface area contributed by atoms with Gasteiger partial charge in [0.1, 0.15) is 17.7 Å². The second-order valence-corrected chi connectivity index (χ2v) is 3.37. The molecule has 0 atom stereocenters. The third kappa shape index (κ3) is 1.80. The van der Waals surface area contributed by atoms with E-state index in [0.717, 1.165) is 0 Å². The number of nitriles is 2. The van der Waals surface area contributed by atoms with Crippen molar-refractivity contribution in [1.29, 1.82) is 10.5 Å².